The second-order valence-corrected chi connectivity index (χ2v) is 7.66. The van der Waals surface area contributed by atoms with E-state index in [-0.39, 0.29) is 5.56 Å². The van der Waals surface area contributed by atoms with Crippen molar-refractivity contribution < 1.29 is 9.53 Å². The molecule has 0 saturated carbocycles. The van der Waals surface area contributed by atoms with Gasteiger partial charge < -0.3 is 18.7 Å². The average Bonchev–Trinajstić information content (AvgIpc) is 3.37. The molecular weight excluding hydrogens is 392 g/mol. The van der Waals surface area contributed by atoms with Gasteiger partial charge >= 0.3 is 6.09 Å². The van der Waals surface area contributed by atoms with Gasteiger partial charge in [0.1, 0.15) is 5.52 Å². The first-order valence-corrected chi connectivity index (χ1v) is 10.6. The number of aromatic nitrogens is 3. The van der Waals surface area contributed by atoms with E-state index in [0.29, 0.717) is 17.8 Å². The Kier molecular flexibility index (Phi) is 4.66. The molecule has 7 nitrogen and oxygen atoms in total. The van der Waals surface area contributed by atoms with Gasteiger partial charge in [-0.1, -0.05) is 13.3 Å². The lowest BCUT2D eigenvalue weighted by Crippen LogP contribution is -2.14. The Labute approximate surface area is 178 Å². The Balaban J connectivity index is 1.73. The molecule has 158 valence electrons. The van der Waals surface area contributed by atoms with Crippen molar-refractivity contribution in [2.45, 2.75) is 33.2 Å². The van der Waals surface area contributed by atoms with Gasteiger partial charge in [0.05, 0.1) is 23.2 Å². The number of aryl methyl sites for hydroxylation is 1. The molecule has 7 heteroatoms. The largest absolute Gasteiger partial charge is 0.449 e. The lowest BCUT2D eigenvalue weighted by molar-refractivity contribution is 0.160. The Morgan fingerprint density at radius 2 is 1.87 bits per heavy atom. The minimum absolute atomic E-state index is 0.129. The third kappa shape index (κ3) is 3.04. The number of fused-ring (bicyclic) bond motifs is 7. The van der Waals surface area contributed by atoms with Crippen LogP contribution < -0.4 is 10.9 Å². The van der Waals surface area contributed by atoms with Crippen molar-refractivity contribution in [2.75, 3.05) is 11.9 Å². The highest BCUT2D eigenvalue weighted by Gasteiger charge is 2.16. The van der Waals surface area contributed by atoms with E-state index in [1.54, 1.807) is 0 Å². The summed E-state index contributed by atoms with van der Waals surface area (Å²) in [6.07, 6.45) is 3.25. The third-order valence-corrected chi connectivity index (χ3v) is 5.78. The number of hydrogen-bond donors (Lipinski definition) is 2. The molecule has 0 aliphatic heterocycles. The van der Waals surface area contributed by atoms with Crippen LogP contribution in [0, 0.1) is 0 Å². The number of aromatic amines is 1. The number of ether oxygens (including phenoxy) is 1. The molecule has 0 atom stereocenters. The van der Waals surface area contributed by atoms with Gasteiger partial charge in [-0.3, -0.25) is 10.1 Å². The summed E-state index contributed by atoms with van der Waals surface area (Å²) in [5.41, 5.74) is 4.94. The molecule has 0 saturated heterocycles. The highest BCUT2D eigenvalue weighted by atomic mass is 16.5. The van der Waals surface area contributed by atoms with Crippen LogP contribution in [0.2, 0.25) is 0 Å². The highest BCUT2D eigenvalue weighted by Crippen LogP contribution is 2.35. The number of rotatable bonds is 5. The van der Waals surface area contributed by atoms with Gasteiger partial charge in [0, 0.05) is 34.7 Å². The molecule has 0 unspecified atom stereocenters. The molecule has 5 rings (SSSR count). The zero-order chi connectivity index (χ0) is 21.5. The second kappa shape index (κ2) is 7.50. The van der Waals surface area contributed by atoms with Crippen molar-refractivity contribution in [1.82, 2.24) is 14.0 Å². The normalized spacial score (nSPS) is 11.7. The van der Waals surface area contributed by atoms with Crippen LogP contribution in [0.3, 0.4) is 0 Å². The summed E-state index contributed by atoms with van der Waals surface area (Å²) >= 11 is 0. The first kappa shape index (κ1) is 19.2. The van der Waals surface area contributed by atoms with Crippen LogP contribution in [-0.4, -0.2) is 26.7 Å². The van der Waals surface area contributed by atoms with Gasteiger partial charge in [0.25, 0.3) is 5.56 Å². The molecule has 0 aliphatic carbocycles. The molecule has 2 N–H and O–H groups in total. The quantitative estimate of drug-likeness (QED) is 0.384. The first-order chi connectivity index (χ1) is 15.1. The van der Waals surface area contributed by atoms with Gasteiger partial charge in [-0.2, -0.15) is 0 Å². The molecule has 0 fully saturated rings. The molecule has 0 radical (unpaired) electrons. The third-order valence-electron chi connectivity index (χ3n) is 5.78. The molecular formula is C24H24N4O3. The number of benzene rings is 2. The standard InChI is InChI=1S/C24H24N4O3/c1-3-5-13-31-24(30)25-15-8-9-17-16(14-15)21-18(27(17)4-2)10-11-19-22(21)26-23(29)20-7-6-12-28(19)20/h6-12,14H,3-5,13H2,1-2H3,(H,25,30)(H,26,29). The fraction of sp³-hybridized carbons (Fsp3) is 0.250. The van der Waals surface area contributed by atoms with E-state index < -0.39 is 6.09 Å². The number of nitrogens with zero attached hydrogens (tertiary/aromatic N) is 2. The first-order valence-electron chi connectivity index (χ1n) is 10.6. The van der Waals surface area contributed by atoms with Crippen LogP contribution in [0.25, 0.3) is 38.4 Å². The maximum Gasteiger partial charge on any atom is 0.411 e. The van der Waals surface area contributed by atoms with E-state index in [1.165, 1.54) is 0 Å². The number of anilines is 1. The number of unbranched alkanes of at least 4 members (excludes halogenated alkanes) is 1. The van der Waals surface area contributed by atoms with Crippen molar-refractivity contribution in [2.24, 2.45) is 0 Å². The highest BCUT2D eigenvalue weighted by molar-refractivity contribution is 6.19. The number of nitrogens with one attached hydrogen (secondary N) is 2. The summed E-state index contributed by atoms with van der Waals surface area (Å²) in [6, 6.07) is 13.6. The summed E-state index contributed by atoms with van der Waals surface area (Å²) in [7, 11) is 0. The Hall–Kier alpha value is -3.74. The van der Waals surface area contributed by atoms with E-state index >= 15 is 0 Å². The van der Waals surface area contributed by atoms with Gasteiger partial charge in [0.2, 0.25) is 0 Å². The molecule has 0 bridgehead atoms. The number of H-pyrrole nitrogens is 1. The average molecular weight is 416 g/mol. The summed E-state index contributed by atoms with van der Waals surface area (Å²) in [5, 5.41) is 4.75. The van der Waals surface area contributed by atoms with Gasteiger partial charge in [0.15, 0.2) is 0 Å². The van der Waals surface area contributed by atoms with Crippen molar-refractivity contribution in [3.63, 3.8) is 0 Å². The number of amides is 1. The molecule has 31 heavy (non-hydrogen) atoms. The molecule has 0 aliphatic rings. The fourth-order valence-electron chi connectivity index (χ4n) is 4.34. The summed E-state index contributed by atoms with van der Waals surface area (Å²) < 4.78 is 9.36. The number of carbonyl (C=O) groups excluding carboxylic acids is 1. The predicted octanol–water partition coefficient (Wildman–Crippen LogP) is 5.26. The SMILES string of the molecule is CCCCOC(=O)Nc1ccc2c(c1)c1c3[nH]c(=O)c4cccn4c3ccc1n2CC. The van der Waals surface area contributed by atoms with Crippen molar-refractivity contribution in [3.8, 4) is 0 Å². The van der Waals surface area contributed by atoms with E-state index in [2.05, 4.69) is 34.8 Å². The van der Waals surface area contributed by atoms with Crippen LogP contribution in [-0.2, 0) is 11.3 Å². The van der Waals surface area contributed by atoms with Gasteiger partial charge in [-0.05, 0) is 55.8 Å². The molecule has 3 heterocycles. The van der Waals surface area contributed by atoms with Crippen LogP contribution in [0.1, 0.15) is 26.7 Å². The molecule has 3 aromatic heterocycles. The van der Waals surface area contributed by atoms with Gasteiger partial charge in [-0.25, -0.2) is 4.79 Å². The van der Waals surface area contributed by atoms with E-state index in [0.717, 1.165) is 52.2 Å². The molecule has 5 aromatic rings. The van der Waals surface area contributed by atoms with Crippen LogP contribution in [0.5, 0.6) is 0 Å². The Bertz CT molecular complexity index is 1510. The monoisotopic (exact) mass is 416 g/mol. The second-order valence-electron chi connectivity index (χ2n) is 7.66. The molecule has 1 amide bonds. The van der Waals surface area contributed by atoms with Crippen molar-refractivity contribution >= 4 is 50.1 Å². The van der Waals surface area contributed by atoms with Crippen molar-refractivity contribution in [1.29, 1.82) is 0 Å². The number of carbonyl (C=O) groups is 1. The molecule has 2 aromatic carbocycles. The predicted molar refractivity (Wildman–Crippen MR) is 124 cm³/mol. The van der Waals surface area contributed by atoms with Gasteiger partial charge in [-0.15, -0.1) is 0 Å². The lowest BCUT2D eigenvalue weighted by Gasteiger charge is -2.07. The summed E-state index contributed by atoms with van der Waals surface area (Å²) in [6.45, 7) is 5.33. The summed E-state index contributed by atoms with van der Waals surface area (Å²) in [5.74, 6) is 0. The topological polar surface area (TPSA) is 80.5 Å². The maximum atomic E-state index is 12.7. The summed E-state index contributed by atoms with van der Waals surface area (Å²) in [4.78, 5) is 27.9. The zero-order valence-electron chi connectivity index (χ0n) is 17.6. The van der Waals surface area contributed by atoms with Crippen LogP contribution >= 0.6 is 0 Å². The van der Waals surface area contributed by atoms with Crippen LogP contribution in [0.15, 0.2) is 53.5 Å². The fourth-order valence-corrected chi connectivity index (χ4v) is 4.34. The lowest BCUT2D eigenvalue weighted by atomic mass is 10.1. The minimum Gasteiger partial charge on any atom is -0.449 e. The van der Waals surface area contributed by atoms with E-state index in [4.69, 9.17) is 4.74 Å². The number of hydrogen-bond acceptors (Lipinski definition) is 3. The Morgan fingerprint density at radius 1 is 1.06 bits per heavy atom. The molecule has 0 spiro atoms. The smallest absolute Gasteiger partial charge is 0.411 e. The maximum absolute atomic E-state index is 12.7. The van der Waals surface area contributed by atoms with E-state index in [1.807, 2.05) is 47.0 Å². The van der Waals surface area contributed by atoms with Crippen molar-refractivity contribution in [3.05, 3.63) is 59.0 Å². The Morgan fingerprint density at radius 3 is 2.68 bits per heavy atom. The minimum atomic E-state index is -0.459. The van der Waals surface area contributed by atoms with Crippen LogP contribution in [0.4, 0.5) is 10.5 Å². The van der Waals surface area contributed by atoms with E-state index in [9.17, 15) is 9.59 Å². The zero-order valence-corrected chi connectivity index (χ0v) is 17.6.